The van der Waals surface area contributed by atoms with Crippen molar-refractivity contribution in [3.63, 3.8) is 0 Å². The van der Waals surface area contributed by atoms with E-state index in [9.17, 15) is 9.59 Å². The van der Waals surface area contributed by atoms with Crippen LogP contribution in [0.25, 0.3) is 0 Å². The number of carboxylic acids is 2. The normalized spacial score (nSPS) is 10.0. The van der Waals surface area contributed by atoms with Crippen molar-refractivity contribution in [1.29, 1.82) is 0 Å². The maximum atomic E-state index is 9.90. The first-order chi connectivity index (χ1) is 11.0. The number of hydrogen-bond acceptors (Lipinski definition) is 3. The minimum absolute atomic E-state index is 0.0628. The Kier molecular flexibility index (Phi) is 22.0. The van der Waals surface area contributed by atoms with E-state index in [1.165, 1.54) is 51.4 Å². The second-order valence-corrected chi connectivity index (χ2v) is 5.73. The number of rotatable bonds is 15. The standard InChI is InChI=1S/C12H26O.C6H10O4/c1-3-5-7-9-11-13-12-10-8-6-4-2;7-5(8)3-1-2-4-6(9)10/h3-12H2,1-2H3;1-4H2,(H,7,8)(H,9,10). The van der Waals surface area contributed by atoms with Crippen molar-refractivity contribution < 1.29 is 24.5 Å². The Morgan fingerprint density at radius 2 is 1.04 bits per heavy atom. The van der Waals surface area contributed by atoms with Gasteiger partial charge in [-0.2, -0.15) is 0 Å². The number of unbranched alkanes of at least 4 members (excludes halogenated alkanes) is 7. The largest absolute Gasteiger partial charge is 0.481 e. The van der Waals surface area contributed by atoms with Gasteiger partial charge in [-0.25, -0.2) is 0 Å². The molecule has 0 amide bonds. The third-order valence-electron chi connectivity index (χ3n) is 3.32. The second kappa shape index (κ2) is 20.9. The van der Waals surface area contributed by atoms with Gasteiger partial charge in [0.2, 0.25) is 0 Å². The molecule has 0 unspecified atom stereocenters. The Balaban J connectivity index is 0. The highest BCUT2D eigenvalue weighted by atomic mass is 16.5. The predicted molar refractivity (Wildman–Crippen MR) is 92.8 cm³/mol. The molecule has 138 valence electrons. The molecule has 0 heterocycles. The van der Waals surface area contributed by atoms with Gasteiger partial charge in [-0.3, -0.25) is 9.59 Å². The molecule has 0 aliphatic rings. The molecule has 0 saturated heterocycles. The molecule has 0 spiro atoms. The van der Waals surface area contributed by atoms with E-state index in [1.807, 2.05) is 0 Å². The Bertz CT molecular complexity index is 240. The fraction of sp³-hybridized carbons (Fsp3) is 0.889. The molecular formula is C18H36O5. The summed E-state index contributed by atoms with van der Waals surface area (Å²) >= 11 is 0. The zero-order valence-electron chi connectivity index (χ0n) is 15.0. The smallest absolute Gasteiger partial charge is 0.303 e. The molecule has 0 fully saturated rings. The third-order valence-corrected chi connectivity index (χ3v) is 3.32. The molecule has 0 radical (unpaired) electrons. The molecule has 23 heavy (non-hydrogen) atoms. The lowest BCUT2D eigenvalue weighted by molar-refractivity contribution is -0.139. The molecule has 0 atom stereocenters. The molecular weight excluding hydrogens is 296 g/mol. The Morgan fingerprint density at radius 3 is 1.35 bits per heavy atom. The monoisotopic (exact) mass is 332 g/mol. The van der Waals surface area contributed by atoms with Crippen LogP contribution in [0.15, 0.2) is 0 Å². The second-order valence-electron chi connectivity index (χ2n) is 5.73. The van der Waals surface area contributed by atoms with E-state index < -0.39 is 11.9 Å². The minimum atomic E-state index is -0.870. The number of hydrogen-bond donors (Lipinski definition) is 2. The number of aliphatic carboxylic acids is 2. The summed E-state index contributed by atoms with van der Waals surface area (Å²) < 4.78 is 5.53. The first-order valence-corrected chi connectivity index (χ1v) is 9.05. The van der Waals surface area contributed by atoms with Gasteiger partial charge in [0, 0.05) is 26.1 Å². The van der Waals surface area contributed by atoms with Crippen LogP contribution >= 0.6 is 0 Å². The van der Waals surface area contributed by atoms with E-state index in [2.05, 4.69) is 13.8 Å². The lowest BCUT2D eigenvalue weighted by atomic mass is 10.2. The molecule has 0 aliphatic heterocycles. The molecule has 0 aliphatic carbocycles. The van der Waals surface area contributed by atoms with E-state index in [1.54, 1.807) is 0 Å². The zero-order chi connectivity index (χ0) is 17.8. The molecule has 5 heteroatoms. The number of carboxylic acid groups (broad SMARTS) is 2. The van der Waals surface area contributed by atoms with Crippen molar-refractivity contribution in [1.82, 2.24) is 0 Å². The van der Waals surface area contributed by atoms with Crippen molar-refractivity contribution in [3.8, 4) is 0 Å². The van der Waals surface area contributed by atoms with Gasteiger partial charge in [0.1, 0.15) is 0 Å². The summed E-state index contributed by atoms with van der Waals surface area (Å²) in [6, 6.07) is 0. The summed E-state index contributed by atoms with van der Waals surface area (Å²) in [5.41, 5.74) is 0. The van der Waals surface area contributed by atoms with Gasteiger partial charge >= 0.3 is 11.9 Å². The van der Waals surface area contributed by atoms with Gasteiger partial charge in [-0.05, 0) is 25.7 Å². The molecule has 5 nitrogen and oxygen atoms in total. The molecule has 0 saturated carbocycles. The SMILES string of the molecule is CCCCCCOCCCCCC.O=C(O)CCCCC(=O)O. The van der Waals surface area contributed by atoms with Gasteiger partial charge in [-0.1, -0.05) is 52.4 Å². The zero-order valence-corrected chi connectivity index (χ0v) is 15.0. The van der Waals surface area contributed by atoms with Crippen LogP contribution < -0.4 is 0 Å². The molecule has 0 aromatic rings. The average Bonchev–Trinajstić information content (AvgIpc) is 2.50. The van der Waals surface area contributed by atoms with E-state index in [-0.39, 0.29) is 12.8 Å². The highest BCUT2D eigenvalue weighted by molar-refractivity contribution is 5.67. The average molecular weight is 332 g/mol. The minimum Gasteiger partial charge on any atom is -0.481 e. The van der Waals surface area contributed by atoms with Crippen molar-refractivity contribution in [2.24, 2.45) is 0 Å². The van der Waals surface area contributed by atoms with Gasteiger partial charge in [0.25, 0.3) is 0 Å². The van der Waals surface area contributed by atoms with E-state index in [0.717, 1.165) is 13.2 Å². The maximum Gasteiger partial charge on any atom is 0.303 e. The van der Waals surface area contributed by atoms with Crippen LogP contribution in [0.5, 0.6) is 0 Å². The maximum absolute atomic E-state index is 9.90. The van der Waals surface area contributed by atoms with Gasteiger partial charge in [0.05, 0.1) is 0 Å². The quantitative estimate of drug-likeness (QED) is 0.418. The van der Waals surface area contributed by atoms with Crippen molar-refractivity contribution in [2.75, 3.05) is 13.2 Å². The van der Waals surface area contributed by atoms with E-state index in [4.69, 9.17) is 14.9 Å². The van der Waals surface area contributed by atoms with Crippen molar-refractivity contribution >= 4 is 11.9 Å². The van der Waals surface area contributed by atoms with E-state index >= 15 is 0 Å². The first-order valence-electron chi connectivity index (χ1n) is 9.05. The van der Waals surface area contributed by atoms with Crippen LogP contribution in [0.2, 0.25) is 0 Å². The van der Waals surface area contributed by atoms with Gasteiger partial charge < -0.3 is 14.9 Å². The van der Waals surface area contributed by atoms with Crippen LogP contribution in [0, 0.1) is 0 Å². The molecule has 2 N–H and O–H groups in total. The number of ether oxygens (including phenoxy) is 1. The summed E-state index contributed by atoms with van der Waals surface area (Å²) in [5.74, 6) is -1.74. The molecule has 0 aromatic heterocycles. The molecule has 0 rings (SSSR count). The van der Waals surface area contributed by atoms with Crippen LogP contribution in [0.4, 0.5) is 0 Å². The summed E-state index contributed by atoms with van der Waals surface area (Å²) in [6.07, 6.45) is 11.6. The van der Waals surface area contributed by atoms with Crippen LogP contribution in [-0.4, -0.2) is 35.4 Å². The lowest BCUT2D eigenvalue weighted by Crippen LogP contribution is -1.97. The van der Waals surface area contributed by atoms with Crippen molar-refractivity contribution in [3.05, 3.63) is 0 Å². The fourth-order valence-corrected chi connectivity index (χ4v) is 1.92. The highest BCUT2D eigenvalue weighted by Gasteiger charge is 1.99. The Labute approximate surface area is 141 Å². The third kappa shape index (κ3) is 29.5. The summed E-state index contributed by atoms with van der Waals surface area (Å²) in [7, 11) is 0. The number of carbonyl (C=O) groups is 2. The van der Waals surface area contributed by atoms with Crippen LogP contribution in [0.3, 0.4) is 0 Å². The topological polar surface area (TPSA) is 83.8 Å². The summed E-state index contributed by atoms with van der Waals surface area (Å²) in [6.45, 7) is 6.44. The molecule has 0 aromatic carbocycles. The summed E-state index contributed by atoms with van der Waals surface area (Å²) in [4.78, 5) is 19.8. The predicted octanol–water partition coefficient (Wildman–Crippen LogP) is 4.88. The van der Waals surface area contributed by atoms with Crippen LogP contribution in [0.1, 0.15) is 90.9 Å². The lowest BCUT2D eigenvalue weighted by Gasteiger charge is -2.03. The van der Waals surface area contributed by atoms with Crippen molar-refractivity contribution in [2.45, 2.75) is 90.9 Å². The molecule has 0 bridgehead atoms. The highest BCUT2D eigenvalue weighted by Crippen LogP contribution is 2.01. The van der Waals surface area contributed by atoms with Crippen LogP contribution in [-0.2, 0) is 14.3 Å². The van der Waals surface area contributed by atoms with Gasteiger partial charge in [-0.15, -0.1) is 0 Å². The Hall–Kier alpha value is -1.10. The Morgan fingerprint density at radius 1 is 0.652 bits per heavy atom. The van der Waals surface area contributed by atoms with Gasteiger partial charge in [0.15, 0.2) is 0 Å². The summed E-state index contributed by atoms with van der Waals surface area (Å²) in [5, 5.41) is 16.3. The fourth-order valence-electron chi connectivity index (χ4n) is 1.92. The van der Waals surface area contributed by atoms with E-state index in [0.29, 0.717) is 12.8 Å². The first kappa shape index (κ1) is 24.2.